The number of amides is 2. The van der Waals surface area contributed by atoms with E-state index in [1.165, 1.54) is 18.0 Å². The Labute approximate surface area is 165 Å². The maximum atomic E-state index is 12.0. The Bertz CT molecular complexity index is 929. The maximum Gasteiger partial charge on any atom is 0.292 e. The molecule has 2 aromatic heterocycles. The average molecular weight is 398 g/mol. The van der Waals surface area contributed by atoms with Crippen LogP contribution in [0.2, 0.25) is 0 Å². The van der Waals surface area contributed by atoms with Crippen LogP contribution < -0.4 is 15.4 Å². The highest BCUT2D eigenvalue weighted by atomic mass is 32.2. The number of methoxy groups -OCH3 is 1. The highest BCUT2D eigenvalue weighted by Crippen LogP contribution is 2.16. The van der Waals surface area contributed by atoms with Crippen molar-refractivity contribution < 1.29 is 18.7 Å². The maximum absolute atomic E-state index is 12.0. The molecule has 2 heterocycles. The molecule has 0 aliphatic carbocycles. The summed E-state index contributed by atoms with van der Waals surface area (Å²) in [6.07, 6.45) is 1.42. The lowest BCUT2D eigenvalue weighted by Gasteiger charge is -2.07. The van der Waals surface area contributed by atoms with Crippen LogP contribution in [-0.4, -0.2) is 34.9 Å². The molecule has 0 unspecified atom stereocenters. The Morgan fingerprint density at radius 1 is 1.14 bits per heavy atom. The number of ether oxygens (including phenoxy) is 1. The third kappa shape index (κ3) is 5.58. The van der Waals surface area contributed by atoms with Crippen molar-refractivity contribution >= 4 is 29.4 Å². The summed E-state index contributed by atoms with van der Waals surface area (Å²) >= 11 is 1.26. The van der Waals surface area contributed by atoms with Crippen molar-refractivity contribution in [1.82, 2.24) is 15.5 Å². The highest BCUT2D eigenvalue weighted by Gasteiger charge is 2.10. The van der Waals surface area contributed by atoms with Crippen molar-refractivity contribution in [2.24, 2.45) is 0 Å². The average Bonchev–Trinajstić information content (AvgIpc) is 3.27. The Morgan fingerprint density at radius 3 is 2.75 bits per heavy atom. The second-order valence-corrected chi connectivity index (χ2v) is 6.60. The number of hydrogen-bond donors (Lipinski definition) is 2. The molecule has 1 aromatic carbocycles. The topological polar surface area (TPSA) is 106 Å². The van der Waals surface area contributed by atoms with Gasteiger partial charge in [0.25, 0.3) is 5.91 Å². The summed E-state index contributed by atoms with van der Waals surface area (Å²) in [6.45, 7) is 0.417. The molecule has 0 atom stereocenters. The van der Waals surface area contributed by atoms with E-state index in [9.17, 15) is 9.59 Å². The first kappa shape index (κ1) is 19.4. The summed E-state index contributed by atoms with van der Waals surface area (Å²) in [5, 5.41) is 13.9. The molecule has 0 saturated carbocycles. The van der Waals surface area contributed by atoms with Gasteiger partial charge in [0.05, 0.1) is 19.1 Å². The fourth-order valence-corrected chi connectivity index (χ4v) is 2.87. The third-order valence-corrected chi connectivity index (χ3v) is 4.52. The standard InChI is InChI=1S/C19H18N4O4S/c1-26-14-5-2-4-13(10-14)11-20-17(24)12-28-18-8-7-16(22-23-18)21-19(25)15-6-3-9-27-15/h2-10H,11-12H2,1H3,(H,20,24)(H,21,22,25). The van der Waals surface area contributed by atoms with E-state index in [2.05, 4.69) is 20.8 Å². The highest BCUT2D eigenvalue weighted by molar-refractivity contribution is 7.99. The molecule has 0 aliphatic heterocycles. The number of aromatic nitrogens is 2. The number of hydrogen-bond acceptors (Lipinski definition) is 7. The molecule has 0 bridgehead atoms. The fourth-order valence-electron chi connectivity index (χ4n) is 2.22. The molecule has 0 aliphatic rings. The zero-order valence-corrected chi connectivity index (χ0v) is 15.9. The summed E-state index contributed by atoms with van der Waals surface area (Å²) in [6, 6.07) is 14.0. The van der Waals surface area contributed by atoms with E-state index >= 15 is 0 Å². The van der Waals surface area contributed by atoms with Gasteiger partial charge in [0, 0.05) is 6.54 Å². The molecule has 2 amide bonds. The number of nitrogens with one attached hydrogen (secondary N) is 2. The molecule has 0 fully saturated rings. The number of anilines is 1. The second-order valence-electron chi connectivity index (χ2n) is 5.61. The van der Waals surface area contributed by atoms with E-state index in [-0.39, 0.29) is 17.4 Å². The zero-order valence-electron chi connectivity index (χ0n) is 15.0. The first-order valence-electron chi connectivity index (χ1n) is 8.35. The molecule has 9 heteroatoms. The van der Waals surface area contributed by atoms with Crippen LogP contribution in [0.4, 0.5) is 5.82 Å². The van der Waals surface area contributed by atoms with Gasteiger partial charge in [-0.25, -0.2) is 0 Å². The fraction of sp³-hybridized carbons (Fsp3) is 0.158. The van der Waals surface area contributed by atoms with Crippen LogP contribution >= 0.6 is 11.8 Å². The molecule has 28 heavy (non-hydrogen) atoms. The summed E-state index contributed by atoms with van der Waals surface area (Å²) in [5.41, 5.74) is 0.953. The molecule has 3 rings (SSSR count). The van der Waals surface area contributed by atoms with Gasteiger partial charge in [0.1, 0.15) is 10.8 Å². The lowest BCUT2D eigenvalue weighted by Crippen LogP contribution is -2.24. The lowest BCUT2D eigenvalue weighted by atomic mass is 10.2. The predicted octanol–water partition coefficient (Wildman–Crippen LogP) is 2.74. The van der Waals surface area contributed by atoms with Gasteiger partial charge in [-0.3, -0.25) is 9.59 Å². The van der Waals surface area contributed by atoms with Crippen molar-refractivity contribution in [1.29, 1.82) is 0 Å². The Hall–Kier alpha value is -3.33. The first-order valence-corrected chi connectivity index (χ1v) is 9.33. The lowest BCUT2D eigenvalue weighted by molar-refractivity contribution is -0.118. The Balaban J connectivity index is 1.43. The van der Waals surface area contributed by atoms with Gasteiger partial charge in [-0.15, -0.1) is 10.2 Å². The van der Waals surface area contributed by atoms with Crippen LogP contribution in [0.5, 0.6) is 5.75 Å². The Morgan fingerprint density at radius 2 is 2.04 bits per heavy atom. The van der Waals surface area contributed by atoms with Crippen LogP contribution in [0.15, 0.2) is 64.2 Å². The molecule has 144 valence electrons. The van der Waals surface area contributed by atoms with Gasteiger partial charge in [0.2, 0.25) is 5.91 Å². The number of benzene rings is 1. The number of rotatable bonds is 8. The van der Waals surface area contributed by atoms with Gasteiger partial charge >= 0.3 is 0 Å². The van der Waals surface area contributed by atoms with E-state index in [0.717, 1.165) is 11.3 Å². The Kier molecular flexibility index (Phi) is 6.64. The molecule has 0 spiro atoms. The smallest absolute Gasteiger partial charge is 0.292 e. The van der Waals surface area contributed by atoms with Crippen LogP contribution in [0, 0.1) is 0 Å². The zero-order chi connectivity index (χ0) is 19.8. The van der Waals surface area contributed by atoms with Gasteiger partial charge in [-0.2, -0.15) is 0 Å². The monoisotopic (exact) mass is 398 g/mol. The summed E-state index contributed by atoms with van der Waals surface area (Å²) < 4.78 is 10.2. The molecule has 0 saturated heterocycles. The van der Waals surface area contributed by atoms with Crippen LogP contribution in [0.1, 0.15) is 16.1 Å². The van der Waals surface area contributed by atoms with E-state index in [4.69, 9.17) is 9.15 Å². The normalized spacial score (nSPS) is 10.3. The van der Waals surface area contributed by atoms with Crippen LogP contribution in [-0.2, 0) is 11.3 Å². The third-order valence-electron chi connectivity index (χ3n) is 3.60. The van der Waals surface area contributed by atoms with E-state index in [1.807, 2.05) is 24.3 Å². The van der Waals surface area contributed by atoms with E-state index in [1.54, 1.807) is 31.4 Å². The SMILES string of the molecule is COc1cccc(CNC(=O)CSc2ccc(NC(=O)c3ccco3)nn2)c1. The summed E-state index contributed by atoms with van der Waals surface area (Å²) in [4.78, 5) is 23.9. The van der Waals surface area contributed by atoms with Gasteiger partial charge in [0.15, 0.2) is 11.6 Å². The number of carbonyl (C=O) groups is 2. The molecular formula is C19H18N4O4S. The van der Waals surface area contributed by atoms with Crippen molar-refractivity contribution in [3.05, 3.63) is 66.1 Å². The van der Waals surface area contributed by atoms with Crippen molar-refractivity contribution in [2.75, 3.05) is 18.2 Å². The minimum absolute atomic E-state index is 0.121. The second kappa shape index (κ2) is 9.56. The molecule has 3 aromatic rings. The van der Waals surface area contributed by atoms with E-state index < -0.39 is 5.91 Å². The quantitative estimate of drug-likeness (QED) is 0.562. The largest absolute Gasteiger partial charge is 0.497 e. The van der Waals surface area contributed by atoms with Gasteiger partial charge < -0.3 is 19.8 Å². The van der Waals surface area contributed by atoms with E-state index in [0.29, 0.717) is 17.4 Å². The van der Waals surface area contributed by atoms with Crippen molar-refractivity contribution in [3.63, 3.8) is 0 Å². The van der Waals surface area contributed by atoms with Crippen LogP contribution in [0.3, 0.4) is 0 Å². The molecule has 2 N–H and O–H groups in total. The molecule has 8 nitrogen and oxygen atoms in total. The predicted molar refractivity (Wildman–Crippen MR) is 104 cm³/mol. The summed E-state index contributed by atoms with van der Waals surface area (Å²) in [5.74, 6) is 0.912. The number of carbonyl (C=O) groups excluding carboxylic acids is 2. The first-order chi connectivity index (χ1) is 13.6. The van der Waals surface area contributed by atoms with Crippen LogP contribution in [0.25, 0.3) is 0 Å². The number of furan rings is 1. The van der Waals surface area contributed by atoms with Gasteiger partial charge in [-0.1, -0.05) is 23.9 Å². The van der Waals surface area contributed by atoms with Gasteiger partial charge in [-0.05, 0) is 42.0 Å². The van der Waals surface area contributed by atoms with Crippen molar-refractivity contribution in [3.8, 4) is 5.75 Å². The molecule has 0 radical (unpaired) electrons. The van der Waals surface area contributed by atoms with Crippen molar-refractivity contribution in [2.45, 2.75) is 11.6 Å². The number of nitrogens with zero attached hydrogens (tertiary/aromatic N) is 2. The minimum Gasteiger partial charge on any atom is -0.497 e. The number of thioether (sulfide) groups is 1. The molecular weight excluding hydrogens is 380 g/mol. The minimum atomic E-state index is -0.406. The summed E-state index contributed by atoms with van der Waals surface area (Å²) in [7, 11) is 1.60.